The van der Waals surface area contributed by atoms with E-state index in [0.29, 0.717) is 10.8 Å². The molecule has 6 nitrogen and oxygen atoms in total. The number of aromatic nitrogens is 4. The zero-order valence-corrected chi connectivity index (χ0v) is 15.8. The number of benzene rings is 1. The lowest BCUT2D eigenvalue weighted by molar-refractivity contribution is -0.114. The second kappa shape index (κ2) is 7.30. The van der Waals surface area contributed by atoms with Crippen LogP contribution >= 0.6 is 22.9 Å². The monoisotopic (exact) mass is 395 g/mol. The van der Waals surface area contributed by atoms with Crippen LogP contribution < -0.4 is 5.32 Å². The summed E-state index contributed by atoms with van der Waals surface area (Å²) in [6.07, 6.45) is 3.37. The SMILES string of the molecule is CC(=O)Nc1cc(-c2cc(-c3ccccc3Cl)n(-c3nccs3)n2)ccn1. The highest BCUT2D eigenvalue weighted by atomic mass is 35.5. The van der Waals surface area contributed by atoms with E-state index >= 15 is 0 Å². The van der Waals surface area contributed by atoms with Gasteiger partial charge in [-0.05, 0) is 24.3 Å². The van der Waals surface area contributed by atoms with Crippen LogP contribution in [0.5, 0.6) is 0 Å². The number of pyridine rings is 1. The molecule has 0 saturated heterocycles. The Hall–Kier alpha value is -3.03. The van der Waals surface area contributed by atoms with E-state index in [1.807, 2.05) is 41.8 Å². The zero-order chi connectivity index (χ0) is 18.8. The first kappa shape index (κ1) is 17.4. The van der Waals surface area contributed by atoms with Crippen LogP contribution in [-0.2, 0) is 4.79 Å². The number of carbonyl (C=O) groups is 1. The van der Waals surface area contributed by atoms with Gasteiger partial charge in [0, 0.05) is 40.8 Å². The lowest BCUT2D eigenvalue weighted by Crippen LogP contribution is -2.07. The molecule has 0 bridgehead atoms. The highest BCUT2D eigenvalue weighted by molar-refractivity contribution is 7.12. The molecule has 3 aromatic heterocycles. The third-order valence-corrected chi connectivity index (χ3v) is 4.90. The molecule has 1 aromatic carbocycles. The molecule has 3 heterocycles. The Morgan fingerprint density at radius 1 is 1.15 bits per heavy atom. The van der Waals surface area contributed by atoms with Crippen molar-refractivity contribution in [1.82, 2.24) is 19.7 Å². The first-order chi connectivity index (χ1) is 13.1. The van der Waals surface area contributed by atoms with Crippen molar-refractivity contribution in [2.24, 2.45) is 0 Å². The maximum atomic E-state index is 11.3. The van der Waals surface area contributed by atoms with Gasteiger partial charge in [0.05, 0.1) is 11.4 Å². The number of hydrogen-bond donors (Lipinski definition) is 1. The van der Waals surface area contributed by atoms with Crippen molar-refractivity contribution in [2.45, 2.75) is 6.92 Å². The third-order valence-electron chi connectivity index (χ3n) is 3.82. The quantitative estimate of drug-likeness (QED) is 0.545. The second-order valence-corrected chi connectivity index (χ2v) is 7.01. The summed E-state index contributed by atoms with van der Waals surface area (Å²) in [5.74, 6) is 0.299. The van der Waals surface area contributed by atoms with E-state index in [2.05, 4.69) is 15.3 Å². The molecule has 0 unspecified atom stereocenters. The molecule has 4 rings (SSSR count). The van der Waals surface area contributed by atoms with Gasteiger partial charge in [-0.15, -0.1) is 11.3 Å². The average molecular weight is 396 g/mol. The van der Waals surface area contributed by atoms with Crippen LogP contribution in [0.25, 0.3) is 27.6 Å². The van der Waals surface area contributed by atoms with Crippen LogP contribution in [0.4, 0.5) is 5.82 Å². The summed E-state index contributed by atoms with van der Waals surface area (Å²) in [7, 11) is 0. The minimum absolute atomic E-state index is 0.176. The van der Waals surface area contributed by atoms with E-state index in [1.165, 1.54) is 18.3 Å². The number of nitrogens with one attached hydrogen (secondary N) is 1. The molecule has 0 spiro atoms. The molecule has 0 saturated carbocycles. The topological polar surface area (TPSA) is 72.7 Å². The molecule has 1 amide bonds. The molecule has 0 radical (unpaired) electrons. The van der Waals surface area contributed by atoms with E-state index in [1.54, 1.807) is 23.1 Å². The van der Waals surface area contributed by atoms with Crippen molar-refractivity contribution in [3.05, 3.63) is 65.3 Å². The standard InChI is InChI=1S/C19H14ClN5OS/c1-12(26)23-18-10-13(6-7-21-18)16-11-17(14-4-2-3-5-15(14)20)25(24-16)19-22-8-9-27-19/h2-11H,1H3,(H,21,23,26). The summed E-state index contributed by atoms with van der Waals surface area (Å²) in [6, 6.07) is 13.2. The number of anilines is 1. The predicted octanol–water partition coefficient (Wildman–Crippen LogP) is 4.67. The Morgan fingerprint density at radius 2 is 2.00 bits per heavy atom. The fourth-order valence-electron chi connectivity index (χ4n) is 2.69. The van der Waals surface area contributed by atoms with Gasteiger partial charge in [-0.25, -0.2) is 14.6 Å². The van der Waals surface area contributed by atoms with Gasteiger partial charge in [0.2, 0.25) is 11.0 Å². The molecular formula is C19H14ClN5OS. The number of hydrogen-bond acceptors (Lipinski definition) is 5. The van der Waals surface area contributed by atoms with Gasteiger partial charge in [-0.2, -0.15) is 5.10 Å². The summed E-state index contributed by atoms with van der Waals surface area (Å²) < 4.78 is 1.78. The molecule has 134 valence electrons. The van der Waals surface area contributed by atoms with Gasteiger partial charge in [0.15, 0.2) is 0 Å². The Bertz CT molecular complexity index is 1110. The number of nitrogens with zero attached hydrogens (tertiary/aromatic N) is 4. The molecule has 0 aliphatic heterocycles. The van der Waals surface area contributed by atoms with E-state index in [0.717, 1.165) is 27.6 Å². The number of halogens is 1. The van der Waals surface area contributed by atoms with Gasteiger partial charge in [-0.1, -0.05) is 29.8 Å². The van der Waals surface area contributed by atoms with E-state index in [4.69, 9.17) is 16.7 Å². The summed E-state index contributed by atoms with van der Waals surface area (Å²) in [4.78, 5) is 19.8. The van der Waals surface area contributed by atoms with Gasteiger partial charge in [-0.3, -0.25) is 4.79 Å². The van der Waals surface area contributed by atoms with E-state index in [-0.39, 0.29) is 5.91 Å². The van der Waals surface area contributed by atoms with E-state index in [9.17, 15) is 4.79 Å². The van der Waals surface area contributed by atoms with E-state index < -0.39 is 0 Å². The minimum atomic E-state index is -0.176. The summed E-state index contributed by atoms with van der Waals surface area (Å²) in [5, 5.41) is 10.7. The molecule has 4 aromatic rings. The van der Waals surface area contributed by atoms with Crippen LogP contribution in [0.15, 0.2) is 60.2 Å². The normalized spacial score (nSPS) is 10.7. The van der Waals surface area contributed by atoms with Crippen molar-refractivity contribution in [3.63, 3.8) is 0 Å². The molecule has 0 atom stereocenters. The average Bonchev–Trinajstić information content (AvgIpc) is 3.31. The summed E-state index contributed by atoms with van der Waals surface area (Å²) >= 11 is 7.90. The van der Waals surface area contributed by atoms with Crippen LogP contribution in [0.3, 0.4) is 0 Å². The fourth-order valence-corrected chi connectivity index (χ4v) is 3.52. The highest BCUT2D eigenvalue weighted by Gasteiger charge is 2.17. The Kier molecular flexibility index (Phi) is 4.70. The van der Waals surface area contributed by atoms with Gasteiger partial charge in [0.1, 0.15) is 5.82 Å². The third kappa shape index (κ3) is 3.60. The summed E-state index contributed by atoms with van der Waals surface area (Å²) in [6.45, 7) is 1.45. The highest BCUT2D eigenvalue weighted by Crippen LogP contribution is 2.33. The molecule has 0 aliphatic rings. The van der Waals surface area contributed by atoms with Crippen molar-refractivity contribution in [2.75, 3.05) is 5.32 Å². The maximum Gasteiger partial charge on any atom is 0.222 e. The number of rotatable bonds is 4. The lowest BCUT2D eigenvalue weighted by atomic mass is 10.1. The Morgan fingerprint density at radius 3 is 2.74 bits per heavy atom. The van der Waals surface area contributed by atoms with Crippen LogP contribution in [0.1, 0.15) is 6.92 Å². The molecule has 0 aliphatic carbocycles. The number of amides is 1. The van der Waals surface area contributed by atoms with Crippen LogP contribution in [0, 0.1) is 0 Å². The van der Waals surface area contributed by atoms with Gasteiger partial charge < -0.3 is 5.32 Å². The van der Waals surface area contributed by atoms with Gasteiger partial charge in [0.25, 0.3) is 0 Å². The second-order valence-electron chi connectivity index (χ2n) is 5.73. The van der Waals surface area contributed by atoms with Crippen LogP contribution in [0.2, 0.25) is 5.02 Å². The van der Waals surface area contributed by atoms with Crippen molar-refractivity contribution in [3.8, 4) is 27.6 Å². The lowest BCUT2D eigenvalue weighted by Gasteiger charge is -2.05. The molecule has 0 fully saturated rings. The number of carbonyl (C=O) groups excluding carboxylic acids is 1. The van der Waals surface area contributed by atoms with Crippen LogP contribution in [-0.4, -0.2) is 25.7 Å². The molecule has 1 N–H and O–H groups in total. The fraction of sp³-hybridized carbons (Fsp3) is 0.0526. The largest absolute Gasteiger partial charge is 0.311 e. The first-order valence-corrected chi connectivity index (χ1v) is 9.36. The zero-order valence-electron chi connectivity index (χ0n) is 14.3. The molecule has 27 heavy (non-hydrogen) atoms. The number of thiazole rings is 1. The van der Waals surface area contributed by atoms with Gasteiger partial charge >= 0.3 is 0 Å². The smallest absolute Gasteiger partial charge is 0.222 e. The molecular weight excluding hydrogens is 382 g/mol. The first-order valence-electron chi connectivity index (χ1n) is 8.10. The minimum Gasteiger partial charge on any atom is -0.311 e. The van der Waals surface area contributed by atoms with Crippen molar-refractivity contribution >= 4 is 34.7 Å². The summed E-state index contributed by atoms with van der Waals surface area (Å²) in [5.41, 5.74) is 3.26. The maximum absolute atomic E-state index is 11.3. The molecule has 8 heteroatoms. The van der Waals surface area contributed by atoms with Crippen molar-refractivity contribution in [1.29, 1.82) is 0 Å². The Balaban J connectivity index is 1.85. The Labute approximate surface area is 164 Å². The van der Waals surface area contributed by atoms with Crippen molar-refractivity contribution < 1.29 is 4.79 Å². The predicted molar refractivity (Wildman–Crippen MR) is 107 cm³/mol.